The van der Waals surface area contributed by atoms with Gasteiger partial charge in [-0.05, 0) is 55.8 Å². The molecule has 0 saturated heterocycles. The van der Waals surface area contributed by atoms with Crippen molar-refractivity contribution >= 4 is 11.0 Å². The SMILES string of the molecule is CCNC(Cc1ccncc1)c1cc2cc(C)ccc2o1. The van der Waals surface area contributed by atoms with Crippen LogP contribution in [0.1, 0.15) is 29.9 Å². The van der Waals surface area contributed by atoms with Gasteiger partial charge in [-0.2, -0.15) is 0 Å². The summed E-state index contributed by atoms with van der Waals surface area (Å²) in [5, 5.41) is 4.68. The van der Waals surface area contributed by atoms with Crippen LogP contribution in [0.15, 0.2) is 53.2 Å². The molecule has 1 unspecified atom stereocenters. The number of aryl methyl sites for hydroxylation is 1. The second kappa shape index (κ2) is 6.10. The third-order valence-corrected chi connectivity index (χ3v) is 3.67. The topological polar surface area (TPSA) is 38.1 Å². The van der Waals surface area contributed by atoms with Crippen LogP contribution in [0.5, 0.6) is 0 Å². The molecule has 0 aliphatic carbocycles. The van der Waals surface area contributed by atoms with Gasteiger partial charge in [-0.3, -0.25) is 4.98 Å². The Bertz CT molecular complexity index is 718. The van der Waals surface area contributed by atoms with Crippen molar-refractivity contribution in [3.8, 4) is 0 Å². The number of fused-ring (bicyclic) bond motifs is 1. The molecule has 1 atom stereocenters. The molecule has 1 N–H and O–H groups in total. The Hall–Kier alpha value is -2.13. The highest BCUT2D eigenvalue weighted by atomic mass is 16.3. The van der Waals surface area contributed by atoms with Crippen molar-refractivity contribution in [2.45, 2.75) is 26.3 Å². The highest BCUT2D eigenvalue weighted by Crippen LogP contribution is 2.26. The summed E-state index contributed by atoms with van der Waals surface area (Å²) < 4.78 is 6.03. The Morgan fingerprint density at radius 3 is 2.71 bits per heavy atom. The normalized spacial score (nSPS) is 12.7. The van der Waals surface area contributed by atoms with E-state index in [1.165, 1.54) is 16.5 Å². The molecular formula is C18H20N2O. The molecule has 3 aromatic rings. The van der Waals surface area contributed by atoms with Crippen molar-refractivity contribution in [1.29, 1.82) is 0 Å². The smallest absolute Gasteiger partial charge is 0.134 e. The van der Waals surface area contributed by atoms with E-state index in [0.717, 1.165) is 24.3 Å². The monoisotopic (exact) mass is 280 g/mol. The van der Waals surface area contributed by atoms with E-state index in [4.69, 9.17) is 4.42 Å². The Balaban J connectivity index is 1.91. The maximum atomic E-state index is 6.03. The van der Waals surface area contributed by atoms with Gasteiger partial charge >= 0.3 is 0 Å². The van der Waals surface area contributed by atoms with Crippen LogP contribution < -0.4 is 5.32 Å². The second-order valence-corrected chi connectivity index (χ2v) is 5.36. The molecule has 0 saturated carbocycles. The lowest BCUT2D eigenvalue weighted by Crippen LogP contribution is -2.22. The second-order valence-electron chi connectivity index (χ2n) is 5.36. The number of pyridine rings is 1. The van der Waals surface area contributed by atoms with Gasteiger partial charge in [-0.25, -0.2) is 0 Å². The third kappa shape index (κ3) is 3.14. The van der Waals surface area contributed by atoms with E-state index >= 15 is 0 Å². The fourth-order valence-corrected chi connectivity index (χ4v) is 2.63. The van der Waals surface area contributed by atoms with E-state index in [1.807, 2.05) is 18.5 Å². The molecule has 21 heavy (non-hydrogen) atoms. The van der Waals surface area contributed by atoms with Crippen molar-refractivity contribution in [2.75, 3.05) is 6.54 Å². The zero-order chi connectivity index (χ0) is 14.7. The van der Waals surface area contributed by atoms with Gasteiger partial charge in [0.15, 0.2) is 0 Å². The van der Waals surface area contributed by atoms with E-state index in [0.29, 0.717) is 0 Å². The number of aromatic nitrogens is 1. The molecule has 3 rings (SSSR count). The number of nitrogens with one attached hydrogen (secondary N) is 1. The molecule has 0 fully saturated rings. The Labute approximate surface area is 125 Å². The van der Waals surface area contributed by atoms with Gasteiger partial charge in [0.05, 0.1) is 6.04 Å². The Morgan fingerprint density at radius 2 is 1.95 bits per heavy atom. The summed E-state index contributed by atoms with van der Waals surface area (Å²) in [6, 6.07) is 12.7. The number of benzene rings is 1. The summed E-state index contributed by atoms with van der Waals surface area (Å²) in [6.07, 6.45) is 4.57. The molecule has 1 aromatic carbocycles. The van der Waals surface area contributed by atoms with Crippen LogP contribution in [0.3, 0.4) is 0 Å². The molecule has 0 spiro atoms. The molecule has 108 valence electrons. The van der Waals surface area contributed by atoms with Gasteiger partial charge in [0.2, 0.25) is 0 Å². The maximum Gasteiger partial charge on any atom is 0.134 e. The quantitative estimate of drug-likeness (QED) is 0.766. The molecule has 2 aromatic heterocycles. The van der Waals surface area contributed by atoms with E-state index in [1.54, 1.807) is 0 Å². The average molecular weight is 280 g/mol. The van der Waals surface area contributed by atoms with Crippen LogP contribution in [0.4, 0.5) is 0 Å². The van der Waals surface area contributed by atoms with Crippen molar-refractivity contribution in [1.82, 2.24) is 10.3 Å². The first kappa shape index (κ1) is 13.8. The number of hydrogen-bond acceptors (Lipinski definition) is 3. The number of hydrogen-bond donors (Lipinski definition) is 1. The first-order valence-electron chi connectivity index (χ1n) is 7.38. The highest BCUT2D eigenvalue weighted by molar-refractivity contribution is 5.78. The zero-order valence-corrected chi connectivity index (χ0v) is 12.5. The lowest BCUT2D eigenvalue weighted by molar-refractivity contribution is 0.435. The summed E-state index contributed by atoms with van der Waals surface area (Å²) in [5.41, 5.74) is 3.46. The van der Waals surface area contributed by atoms with Gasteiger partial charge in [0.25, 0.3) is 0 Å². The number of likely N-dealkylation sites (N-methyl/N-ethyl adjacent to an activating group) is 1. The first-order chi connectivity index (χ1) is 10.3. The van der Waals surface area contributed by atoms with E-state index in [-0.39, 0.29) is 6.04 Å². The number of furan rings is 1. The predicted octanol–water partition coefficient (Wildman–Crippen LogP) is 4.03. The van der Waals surface area contributed by atoms with Crippen LogP contribution >= 0.6 is 0 Å². The fourth-order valence-electron chi connectivity index (χ4n) is 2.63. The number of nitrogens with zero attached hydrogens (tertiary/aromatic N) is 1. The minimum absolute atomic E-state index is 0.185. The summed E-state index contributed by atoms with van der Waals surface area (Å²) >= 11 is 0. The van der Waals surface area contributed by atoms with Gasteiger partial charge in [-0.1, -0.05) is 18.6 Å². The van der Waals surface area contributed by atoms with E-state index in [9.17, 15) is 0 Å². The van der Waals surface area contributed by atoms with Crippen LogP contribution in [-0.2, 0) is 6.42 Å². The van der Waals surface area contributed by atoms with Crippen LogP contribution in [0.2, 0.25) is 0 Å². The predicted molar refractivity (Wildman–Crippen MR) is 85.3 cm³/mol. The minimum Gasteiger partial charge on any atom is -0.459 e. The summed E-state index contributed by atoms with van der Waals surface area (Å²) in [7, 11) is 0. The lowest BCUT2D eigenvalue weighted by Gasteiger charge is -2.15. The highest BCUT2D eigenvalue weighted by Gasteiger charge is 2.16. The van der Waals surface area contributed by atoms with E-state index in [2.05, 4.69) is 54.5 Å². The van der Waals surface area contributed by atoms with Crippen LogP contribution in [0, 0.1) is 6.92 Å². The standard InChI is InChI=1S/C18H20N2O/c1-3-20-16(11-14-6-8-19-9-7-14)18-12-15-10-13(2)4-5-17(15)21-18/h4-10,12,16,20H,3,11H2,1-2H3. The largest absolute Gasteiger partial charge is 0.459 e. The van der Waals surface area contributed by atoms with Crippen molar-refractivity contribution in [3.63, 3.8) is 0 Å². The summed E-state index contributed by atoms with van der Waals surface area (Å²) in [6.45, 7) is 5.13. The van der Waals surface area contributed by atoms with Crippen LogP contribution in [-0.4, -0.2) is 11.5 Å². The van der Waals surface area contributed by atoms with Gasteiger partial charge in [-0.15, -0.1) is 0 Å². The van der Waals surface area contributed by atoms with Crippen molar-refractivity contribution in [3.05, 3.63) is 65.7 Å². The average Bonchev–Trinajstić information content (AvgIpc) is 2.91. The maximum absolute atomic E-state index is 6.03. The van der Waals surface area contributed by atoms with Gasteiger partial charge in [0.1, 0.15) is 11.3 Å². The third-order valence-electron chi connectivity index (χ3n) is 3.67. The molecule has 3 heteroatoms. The summed E-state index contributed by atoms with van der Waals surface area (Å²) in [4.78, 5) is 4.07. The molecule has 2 heterocycles. The van der Waals surface area contributed by atoms with Crippen LogP contribution in [0.25, 0.3) is 11.0 Å². The Kier molecular flexibility index (Phi) is 4.02. The summed E-state index contributed by atoms with van der Waals surface area (Å²) in [5.74, 6) is 0.995. The molecule has 3 nitrogen and oxygen atoms in total. The number of rotatable bonds is 5. The van der Waals surface area contributed by atoms with Crippen molar-refractivity contribution in [2.24, 2.45) is 0 Å². The molecule has 0 aliphatic heterocycles. The Morgan fingerprint density at radius 1 is 1.14 bits per heavy atom. The molecule has 0 amide bonds. The molecule has 0 radical (unpaired) electrons. The fraction of sp³-hybridized carbons (Fsp3) is 0.278. The molecule has 0 bridgehead atoms. The zero-order valence-electron chi connectivity index (χ0n) is 12.5. The first-order valence-corrected chi connectivity index (χ1v) is 7.38. The minimum atomic E-state index is 0.185. The van der Waals surface area contributed by atoms with Crippen molar-refractivity contribution < 1.29 is 4.42 Å². The van der Waals surface area contributed by atoms with Gasteiger partial charge in [0, 0.05) is 17.8 Å². The lowest BCUT2D eigenvalue weighted by atomic mass is 10.0. The van der Waals surface area contributed by atoms with Gasteiger partial charge < -0.3 is 9.73 Å². The molecular weight excluding hydrogens is 260 g/mol. The molecule has 0 aliphatic rings. The van der Waals surface area contributed by atoms with E-state index < -0.39 is 0 Å².